The molecular weight excluding hydrogens is 453 g/mol. The summed E-state index contributed by atoms with van der Waals surface area (Å²) in [5.41, 5.74) is -0.811. The molecule has 2 fully saturated rings. The number of rotatable bonds is 4. The van der Waals surface area contributed by atoms with Crippen LogP contribution >= 0.6 is 0 Å². The molecule has 2 aromatic carbocycles. The molecule has 35 heavy (non-hydrogen) atoms. The van der Waals surface area contributed by atoms with Crippen LogP contribution < -0.4 is 4.90 Å². The maximum atomic E-state index is 14.4. The summed E-state index contributed by atoms with van der Waals surface area (Å²) in [7, 11) is 1.57. The number of amides is 2. The van der Waals surface area contributed by atoms with Crippen LogP contribution in [0.25, 0.3) is 5.76 Å². The van der Waals surface area contributed by atoms with Crippen LogP contribution in [0.15, 0.2) is 48.0 Å². The second kappa shape index (κ2) is 8.58. The second-order valence-electron chi connectivity index (χ2n) is 9.02. The monoisotopic (exact) mass is 479 g/mol. The lowest BCUT2D eigenvalue weighted by Gasteiger charge is -2.36. The average molecular weight is 480 g/mol. The molecule has 0 aromatic heterocycles. The van der Waals surface area contributed by atoms with Gasteiger partial charge in [0.2, 0.25) is 0 Å². The molecule has 2 aromatic rings. The number of carbonyl (C=O) groups is 3. The number of nitrogens with zero attached hydrogens (tertiary/aromatic N) is 3. The highest BCUT2D eigenvalue weighted by atomic mass is 19.1. The zero-order chi connectivity index (χ0) is 24.9. The third-order valence-electron chi connectivity index (χ3n) is 7.13. The fourth-order valence-corrected chi connectivity index (χ4v) is 5.22. The predicted molar refractivity (Wildman–Crippen MR) is 126 cm³/mol. The number of halogens is 1. The Morgan fingerprint density at radius 3 is 2.51 bits per heavy atom. The van der Waals surface area contributed by atoms with Crippen LogP contribution in [0.3, 0.4) is 0 Å². The van der Waals surface area contributed by atoms with Crippen LogP contribution in [0.4, 0.5) is 10.1 Å². The summed E-state index contributed by atoms with van der Waals surface area (Å²) in [5, 5.41) is 11.3. The van der Waals surface area contributed by atoms with Crippen molar-refractivity contribution >= 4 is 29.0 Å². The van der Waals surface area contributed by atoms with Gasteiger partial charge in [0.1, 0.15) is 11.6 Å². The summed E-state index contributed by atoms with van der Waals surface area (Å²) in [6.07, 6.45) is 0. The van der Waals surface area contributed by atoms with E-state index >= 15 is 0 Å². The van der Waals surface area contributed by atoms with Crippen molar-refractivity contribution in [2.24, 2.45) is 0 Å². The number of aliphatic hydroxyl groups is 1. The molecule has 182 valence electrons. The number of likely N-dealkylation sites (N-methyl/N-ethyl adjacent to an activating group) is 1. The maximum Gasteiger partial charge on any atom is 0.296 e. The number of likely N-dealkylation sites (tertiary alicyclic amines) is 1. The standard InChI is InChI=1S/C26H26FN3O5/c1-16-7-8-17(15-19(16)27)22(31)21-23(32)24(33)30(10-9-29-11-13-35-14-12-29)26(21)18-5-3-4-6-20(18)28(2)25(26)34/h3-8,15,31H,9-14H2,1-2H3/b22-21+. The summed E-state index contributed by atoms with van der Waals surface area (Å²) < 4.78 is 19.8. The van der Waals surface area contributed by atoms with Crippen LogP contribution in [-0.2, 0) is 24.7 Å². The number of hydrogen-bond acceptors (Lipinski definition) is 6. The molecule has 0 radical (unpaired) electrons. The molecule has 8 nitrogen and oxygen atoms in total. The van der Waals surface area contributed by atoms with Crippen molar-refractivity contribution in [3.8, 4) is 0 Å². The number of fused-ring (bicyclic) bond motifs is 2. The van der Waals surface area contributed by atoms with Crippen molar-refractivity contribution in [3.63, 3.8) is 0 Å². The second-order valence-corrected chi connectivity index (χ2v) is 9.02. The number of ether oxygens (including phenoxy) is 1. The Hall–Kier alpha value is -3.56. The lowest BCUT2D eigenvalue weighted by Crippen LogP contribution is -2.53. The summed E-state index contributed by atoms with van der Waals surface area (Å²) in [5.74, 6) is -3.50. The molecule has 3 aliphatic rings. The Kier molecular flexibility index (Phi) is 5.69. The van der Waals surface area contributed by atoms with Crippen molar-refractivity contribution in [3.05, 3.63) is 70.5 Å². The summed E-state index contributed by atoms with van der Waals surface area (Å²) in [6.45, 7) is 4.57. The molecule has 1 atom stereocenters. The van der Waals surface area contributed by atoms with Crippen molar-refractivity contribution in [1.29, 1.82) is 0 Å². The Morgan fingerprint density at radius 1 is 1.09 bits per heavy atom. The van der Waals surface area contributed by atoms with Crippen molar-refractivity contribution in [1.82, 2.24) is 9.80 Å². The van der Waals surface area contributed by atoms with E-state index in [0.717, 1.165) is 6.07 Å². The van der Waals surface area contributed by atoms with Gasteiger partial charge in [-0.2, -0.15) is 0 Å². The summed E-state index contributed by atoms with van der Waals surface area (Å²) >= 11 is 0. The van der Waals surface area contributed by atoms with Gasteiger partial charge in [-0.3, -0.25) is 19.3 Å². The van der Waals surface area contributed by atoms with Crippen LogP contribution in [-0.4, -0.2) is 78.9 Å². The highest BCUT2D eigenvalue weighted by molar-refractivity contribution is 6.50. The van der Waals surface area contributed by atoms with Crippen molar-refractivity contribution < 1.29 is 28.6 Å². The van der Waals surface area contributed by atoms with E-state index in [1.165, 1.54) is 21.9 Å². The molecule has 0 bridgehead atoms. The third-order valence-corrected chi connectivity index (χ3v) is 7.13. The molecule has 0 saturated carbocycles. The van der Waals surface area contributed by atoms with Gasteiger partial charge >= 0.3 is 0 Å². The lowest BCUT2D eigenvalue weighted by atomic mass is 9.82. The molecule has 2 saturated heterocycles. The number of anilines is 1. The largest absolute Gasteiger partial charge is 0.507 e. The molecule has 1 unspecified atom stereocenters. The first-order valence-electron chi connectivity index (χ1n) is 11.5. The molecule has 0 aliphatic carbocycles. The number of aryl methyl sites for hydroxylation is 1. The zero-order valence-electron chi connectivity index (χ0n) is 19.6. The van der Waals surface area contributed by atoms with Crippen LogP contribution in [0, 0.1) is 12.7 Å². The Balaban J connectivity index is 1.70. The van der Waals surface area contributed by atoms with Crippen molar-refractivity contribution in [2.45, 2.75) is 12.5 Å². The van der Waals surface area contributed by atoms with E-state index in [-0.39, 0.29) is 17.7 Å². The van der Waals surface area contributed by atoms with Gasteiger partial charge in [-0.1, -0.05) is 30.3 Å². The minimum absolute atomic E-state index is 0.0264. The first-order chi connectivity index (χ1) is 16.8. The fraction of sp³-hybridized carbons (Fsp3) is 0.346. The first kappa shape index (κ1) is 23.2. The topological polar surface area (TPSA) is 90.4 Å². The summed E-state index contributed by atoms with van der Waals surface area (Å²) in [6, 6.07) is 11.0. The van der Waals surface area contributed by atoms with E-state index in [1.54, 1.807) is 38.2 Å². The van der Waals surface area contributed by atoms with Gasteiger partial charge in [-0.05, 0) is 24.6 Å². The molecule has 9 heteroatoms. The quantitative estimate of drug-likeness (QED) is 0.410. The predicted octanol–water partition coefficient (Wildman–Crippen LogP) is 2.02. The Labute approximate surface area is 202 Å². The number of ketones is 1. The van der Waals surface area contributed by atoms with Gasteiger partial charge in [-0.25, -0.2) is 4.39 Å². The third kappa shape index (κ3) is 3.37. The number of Topliss-reactive ketones (excluding diaryl/α,β-unsaturated/α-hetero) is 1. The minimum Gasteiger partial charge on any atom is -0.507 e. The minimum atomic E-state index is -1.84. The number of para-hydroxylation sites is 1. The number of aliphatic hydroxyl groups excluding tert-OH is 1. The Bertz CT molecular complexity index is 1270. The Morgan fingerprint density at radius 2 is 1.80 bits per heavy atom. The fourth-order valence-electron chi connectivity index (χ4n) is 5.22. The van der Waals surface area contributed by atoms with Crippen LogP contribution in [0.5, 0.6) is 0 Å². The van der Waals surface area contributed by atoms with E-state index in [4.69, 9.17) is 4.74 Å². The van der Waals surface area contributed by atoms with Gasteiger partial charge in [0.05, 0.1) is 18.8 Å². The van der Waals surface area contributed by atoms with E-state index in [2.05, 4.69) is 4.90 Å². The van der Waals surface area contributed by atoms with E-state index in [9.17, 15) is 23.9 Å². The van der Waals surface area contributed by atoms with E-state index < -0.39 is 34.7 Å². The first-order valence-corrected chi connectivity index (χ1v) is 11.5. The van der Waals surface area contributed by atoms with Gasteiger partial charge in [0, 0.05) is 50.0 Å². The van der Waals surface area contributed by atoms with Crippen LogP contribution in [0.2, 0.25) is 0 Å². The SMILES string of the molecule is Cc1ccc(/C(O)=C2/C(=O)C(=O)N(CCN3CCOCC3)C23C(=O)N(C)c2ccccc23)cc1F. The average Bonchev–Trinajstić information content (AvgIpc) is 3.23. The molecule has 3 heterocycles. The van der Waals surface area contributed by atoms with Gasteiger partial charge in [0.15, 0.2) is 5.54 Å². The number of benzene rings is 2. The van der Waals surface area contributed by atoms with Crippen LogP contribution in [0.1, 0.15) is 16.7 Å². The molecule has 1 N–H and O–H groups in total. The van der Waals surface area contributed by atoms with Gasteiger partial charge in [-0.15, -0.1) is 0 Å². The zero-order valence-corrected chi connectivity index (χ0v) is 19.6. The van der Waals surface area contributed by atoms with Gasteiger partial charge < -0.3 is 19.6 Å². The summed E-state index contributed by atoms with van der Waals surface area (Å²) in [4.78, 5) is 45.6. The normalized spacial score (nSPS) is 24.0. The lowest BCUT2D eigenvalue weighted by molar-refractivity contribution is -0.144. The smallest absolute Gasteiger partial charge is 0.296 e. The van der Waals surface area contributed by atoms with Crippen molar-refractivity contribution in [2.75, 3.05) is 51.3 Å². The maximum absolute atomic E-state index is 14.4. The number of morpholine rings is 1. The highest BCUT2D eigenvalue weighted by Gasteiger charge is 2.66. The van der Waals surface area contributed by atoms with E-state index in [1.807, 2.05) is 0 Å². The van der Waals surface area contributed by atoms with Gasteiger partial charge in [0.25, 0.3) is 17.6 Å². The number of carbonyl (C=O) groups excluding carboxylic acids is 3. The number of hydrogen-bond donors (Lipinski definition) is 1. The molecular formula is C26H26FN3O5. The molecule has 3 aliphatic heterocycles. The highest BCUT2D eigenvalue weighted by Crippen LogP contribution is 2.53. The molecule has 5 rings (SSSR count). The molecule has 2 amide bonds. The molecule has 1 spiro atoms. The van der Waals surface area contributed by atoms with E-state index in [0.29, 0.717) is 49.7 Å².